The second-order valence-electron chi connectivity index (χ2n) is 12.5. The third-order valence-electron chi connectivity index (χ3n) is 9.63. The Labute approximate surface area is 255 Å². The Bertz CT molecular complexity index is 1960. The van der Waals surface area contributed by atoms with E-state index < -0.39 is 0 Å². The van der Waals surface area contributed by atoms with Gasteiger partial charge in [-0.15, -0.1) is 0 Å². The monoisotopic (exact) mass is 553 g/mol. The van der Waals surface area contributed by atoms with Gasteiger partial charge in [0.05, 0.1) is 0 Å². The normalized spacial score (nSPS) is 14.2. The van der Waals surface area contributed by atoms with Crippen molar-refractivity contribution < 1.29 is 0 Å². The molecule has 208 valence electrons. The van der Waals surface area contributed by atoms with Crippen LogP contribution in [0.25, 0.3) is 33.4 Å². The van der Waals surface area contributed by atoms with Crippen molar-refractivity contribution in [2.75, 3.05) is 4.90 Å². The highest BCUT2D eigenvalue weighted by atomic mass is 15.1. The lowest BCUT2D eigenvalue weighted by molar-refractivity contribution is 0.660. The third-order valence-corrected chi connectivity index (χ3v) is 9.63. The van der Waals surface area contributed by atoms with Crippen molar-refractivity contribution in [2.45, 2.75) is 38.5 Å². The predicted octanol–water partition coefficient (Wildman–Crippen LogP) is 11.3. The maximum absolute atomic E-state index is 2.41. The third kappa shape index (κ3) is 4.22. The number of para-hydroxylation sites is 1. The highest BCUT2D eigenvalue weighted by Gasteiger charge is 2.35. The van der Waals surface area contributed by atoms with Gasteiger partial charge in [-0.25, -0.2) is 0 Å². The number of fused-ring (bicyclic) bond motifs is 6. The van der Waals surface area contributed by atoms with E-state index in [-0.39, 0.29) is 5.41 Å². The number of benzene rings is 6. The van der Waals surface area contributed by atoms with Gasteiger partial charge in [-0.05, 0) is 111 Å². The SMILES string of the molecule is CC1(C)c2ccccc2-c2ccc(N(c3ccccc3)c3ccc(-c4cccc5c4CCCc4ccccc4-5)cc3)cc21. The van der Waals surface area contributed by atoms with Crippen LogP contribution in [0, 0.1) is 0 Å². The standard InChI is InChI=1S/C42H35N/c1-42(2)40-21-9-8-17-38(40)39-27-26-33(28-41(39)42)43(31-14-4-3-5-15-31)32-24-22-30(23-25-32)35-18-11-20-37-34-16-7-6-12-29(34)13-10-19-36(35)37/h3-9,11-12,14-18,20-28H,10,13,19H2,1-2H3. The van der Waals surface area contributed by atoms with Crippen molar-refractivity contribution in [3.05, 3.63) is 162 Å². The van der Waals surface area contributed by atoms with E-state index in [0.717, 1.165) is 24.2 Å². The van der Waals surface area contributed by atoms with Crippen LogP contribution in [0.15, 0.2) is 140 Å². The van der Waals surface area contributed by atoms with E-state index in [0.29, 0.717) is 0 Å². The van der Waals surface area contributed by atoms with Crippen molar-refractivity contribution in [1.82, 2.24) is 0 Å². The molecule has 2 aliphatic rings. The molecule has 1 nitrogen and oxygen atoms in total. The van der Waals surface area contributed by atoms with E-state index in [2.05, 4.69) is 158 Å². The Hall–Kier alpha value is -4.88. The Morgan fingerprint density at radius 1 is 0.465 bits per heavy atom. The molecule has 0 amide bonds. The molecule has 0 radical (unpaired) electrons. The van der Waals surface area contributed by atoms with Crippen LogP contribution in [0.5, 0.6) is 0 Å². The molecule has 0 aliphatic heterocycles. The maximum Gasteiger partial charge on any atom is 0.0465 e. The number of hydrogen-bond donors (Lipinski definition) is 0. The van der Waals surface area contributed by atoms with Gasteiger partial charge in [-0.1, -0.05) is 117 Å². The number of rotatable bonds is 4. The fraction of sp³-hybridized carbons (Fsp3) is 0.143. The summed E-state index contributed by atoms with van der Waals surface area (Å²) in [4.78, 5) is 2.39. The van der Waals surface area contributed by atoms with Gasteiger partial charge in [0.2, 0.25) is 0 Å². The summed E-state index contributed by atoms with van der Waals surface area (Å²) in [5.41, 5.74) is 17.3. The molecule has 0 saturated carbocycles. The molecule has 0 aromatic heterocycles. The molecule has 8 rings (SSSR count). The predicted molar refractivity (Wildman–Crippen MR) is 182 cm³/mol. The van der Waals surface area contributed by atoms with E-state index in [1.54, 1.807) is 0 Å². The van der Waals surface area contributed by atoms with Crippen LogP contribution in [-0.4, -0.2) is 0 Å². The molecule has 0 saturated heterocycles. The molecule has 0 N–H and O–H groups in total. The average molecular weight is 554 g/mol. The first-order chi connectivity index (χ1) is 21.1. The molecule has 0 heterocycles. The zero-order valence-electron chi connectivity index (χ0n) is 24.8. The van der Waals surface area contributed by atoms with Gasteiger partial charge in [-0.2, -0.15) is 0 Å². The number of aryl methyl sites for hydroxylation is 1. The highest BCUT2D eigenvalue weighted by molar-refractivity contribution is 5.86. The molecular formula is C42H35N. The van der Waals surface area contributed by atoms with Gasteiger partial charge in [0.25, 0.3) is 0 Å². The van der Waals surface area contributed by atoms with Gasteiger partial charge in [0.15, 0.2) is 0 Å². The molecule has 0 unspecified atom stereocenters. The Balaban J connectivity index is 1.21. The Kier molecular flexibility index (Phi) is 6.08. The first-order valence-electron chi connectivity index (χ1n) is 15.5. The summed E-state index contributed by atoms with van der Waals surface area (Å²) >= 11 is 0. The fourth-order valence-corrected chi connectivity index (χ4v) is 7.48. The second kappa shape index (κ2) is 10.1. The first-order valence-corrected chi connectivity index (χ1v) is 15.5. The molecule has 0 spiro atoms. The minimum absolute atomic E-state index is 0.0438. The zero-order chi connectivity index (χ0) is 29.0. The van der Waals surface area contributed by atoms with Crippen LogP contribution < -0.4 is 4.90 Å². The van der Waals surface area contributed by atoms with Crippen molar-refractivity contribution in [3.8, 4) is 33.4 Å². The van der Waals surface area contributed by atoms with Crippen LogP contribution >= 0.6 is 0 Å². The Morgan fingerprint density at radius 3 is 1.93 bits per heavy atom. The fourth-order valence-electron chi connectivity index (χ4n) is 7.48. The largest absolute Gasteiger partial charge is 0.310 e. The lowest BCUT2D eigenvalue weighted by Gasteiger charge is -2.28. The summed E-state index contributed by atoms with van der Waals surface area (Å²) in [6.45, 7) is 4.70. The summed E-state index contributed by atoms with van der Waals surface area (Å²) in [7, 11) is 0. The topological polar surface area (TPSA) is 3.24 Å². The highest BCUT2D eigenvalue weighted by Crippen LogP contribution is 2.50. The quantitative estimate of drug-likeness (QED) is 0.210. The van der Waals surface area contributed by atoms with Crippen molar-refractivity contribution in [2.24, 2.45) is 0 Å². The molecule has 43 heavy (non-hydrogen) atoms. The summed E-state index contributed by atoms with van der Waals surface area (Å²) in [5.74, 6) is 0. The molecule has 2 aliphatic carbocycles. The van der Waals surface area contributed by atoms with Crippen LogP contribution in [0.2, 0.25) is 0 Å². The summed E-state index contributed by atoms with van der Waals surface area (Å²) in [6, 6.07) is 51.6. The zero-order valence-corrected chi connectivity index (χ0v) is 24.8. The molecule has 6 aromatic carbocycles. The van der Waals surface area contributed by atoms with Crippen molar-refractivity contribution >= 4 is 17.1 Å². The van der Waals surface area contributed by atoms with Crippen LogP contribution in [-0.2, 0) is 18.3 Å². The van der Waals surface area contributed by atoms with E-state index in [9.17, 15) is 0 Å². The first kappa shape index (κ1) is 25.8. The summed E-state index contributed by atoms with van der Waals surface area (Å²) < 4.78 is 0. The lowest BCUT2D eigenvalue weighted by atomic mass is 9.82. The van der Waals surface area contributed by atoms with Gasteiger partial charge < -0.3 is 4.90 Å². The molecule has 1 heteroatoms. The van der Waals surface area contributed by atoms with Gasteiger partial charge >= 0.3 is 0 Å². The van der Waals surface area contributed by atoms with Gasteiger partial charge in [0.1, 0.15) is 0 Å². The summed E-state index contributed by atoms with van der Waals surface area (Å²) in [6.07, 6.45) is 3.42. The summed E-state index contributed by atoms with van der Waals surface area (Å²) in [5, 5.41) is 0. The maximum atomic E-state index is 2.41. The van der Waals surface area contributed by atoms with E-state index >= 15 is 0 Å². The lowest BCUT2D eigenvalue weighted by Crippen LogP contribution is -2.16. The minimum Gasteiger partial charge on any atom is -0.310 e. The van der Waals surface area contributed by atoms with E-state index in [4.69, 9.17) is 0 Å². The van der Waals surface area contributed by atoms with E-state index in [1.807, 2.05) is 0 Å². The van der Waals surface area contributed by atoms with Gasteiger partial charge in [0, 0.05) is 22.5 Å². The molecule has 0 atom stereocenters. The van der Waals surface area contributed by atoms with Crippen LogP contribution in [0.4, 0.5) is 17.1 Å². The molecule has 0 bridgehead atoms. The minimum atomic E-state index is -0.0438. The molecule has 6 aromatic rings. The number of hydrogen-bond acceptors (Lipinski definition) is 1. The average Bonchev–Trinajstić information content (AvgIpc) is 3.16. The molecule has 0 fully saturated rings. The number of nitrogens with zero attached hydrogens (tertiary/aromatic N) is 1. The molecular weight excluding hydrogens is 518 g/mol. The van der Waals surface area contributed by atoms with Crippen molar-refractivity contribution in [3.63, 3.8) is 0 Å². The van der Waals surface area contributed by atoms with Crippen LogP contribution in [0.1, 0.15) is 42.5 Å². The smallest absolute Gasteiger partial charge is 0.0465 e. The van der Waals surface area contributed by atoms with Crippen LogP contribution in [0.3, 0.4) is 0 Å². The number of anilines is 3. The van der Waals surface area contributed by atoms with E-state index in [1.165, 1.54) is 67.7 Å². The second-order valence-corrected chi connectivity index (χ2v) is 12.5. The van der Waals surface area contributed by atoms with Gasteiger partial charge in [-0.3, -0.25) is 0 Å². The van der Waals surface area contributed by atoms with Crippen molar-refractivity contribution in [1.29, 1.82) is 0 Å². The Morgan fingerprint density at radius 2 is 1.09 bits per heavy atom.